The molecule has 1 aliphatic carbocycles. The van der Waals surface area contributed by atoms with Gasteiger partial charge in [-0.05, 0) is 43.4 Å². The van der Waals surface area contributed by atoms with Gasteiger partial charge in [0, 0.05) is 18.0 Å². The summed E-state index contributed by atoms with van der Waals surface area (Å²) in [5.41, 5.74) is 1.35. The van der Waals surface area contributed by atoms with E-state index in [1.165, 1.54) is 6.07 Å². The Morgan fingerprint density at radius 2 is 2.00 bits per heavy atom. The zero-order valence-corrected chi connectivity index (χ0v) is 13.9. The number of aryl methyl sites for hydroxylation is 1. The van der Waals surface area contributed by atoms with Gasteiger partial charge in [-0.1, -0.05) is 25.0 Å². The number of aromatic nitrogens is 1. The molecule has 0 atom stereocenters. The zero-order valence-electron chi connectivity index (χ0n) is 13.1. The maximum Gasteiger partial charge on any atom is 0.266 e. The van der Waals surface area contributed by atoms with Gasteiger partial charge in [-0.2, -0.15) is 0 Å². The number of nitrogens with zero attached hydrogens (tertiary/aromatic N) is 1. The molecule has 1 aromatic heterocycles. The topological polar surface area (TPSA) is 76.1 Å². The van der Waals surface area contributed by atoms with Crippen LogP contribution < -0.4 is 4.72 Å². The Kier molecular flexibility index (Phi) is 4.35. The Morgan fingerprint density at radius 3 is 2.74 bits per heavy atom. The summed E-state index contributed by atoms with van der Waals surface area (Å²) < 4.78 is 27.3. The minimum absolute atomic E-state index is 0.0541. The van der Waals surface area contributed by atoms with Crippen molar-refractivity contribution >= 4 is 26.8 Å². The van der Waals surface area contributed by atoms with Gasteiger partial charge in [-0.3, -0.25) is 9.78 Å². The fourth-order valence-electron chi connectivity index (χ4n) is 3.23. The van der Waals surface area contributed by atoms with Gasteiger partial charge in [-0.25, -0.2) is 13.1 Å². The van der Waals surface area contributed by atoms with E-state index in [9.17, 15) is 13.2 Å². The molecule has 1 aromatic carbocycles. The van der Waals surface area contributed by atoms with Crippen LogP contribution in [0.5, 0.6) is 0 Å². The lowest BCUT2D eigenvalue weighted by Crippen LogP contribution is -2.31. The first kappa shape index (κ1) is 15.9. The van der Waals surface area contributed by atoms with Crippen molar-refractivity contribution in [2.75, 3.05) is 0 Å². The highest BCUT2D eigenvalue weighted by Crippen LogP contribution is 2.28. The molecular weight excluding hydrogens is 312 g/mol. The lowest BCUT2D eigenvalue weighted by atomic mass is 10.0. The van der Waals surface area contributed by atoms with Crippen molar-refractivity contribution in [2.45, 2.75) is 43.9 Å². The average Bonchev–Trinajstić information content (AvgIpc) is 2.99. The number of hydrogen-bond donors (Lipinski definition) is 1. The number of nitrogens with one attached hydrogen (secondary N) is 1. The monoisotopic (exact) mass is 332 g/mol. The van der Waals surface area contributed by atoms with Crippen LogP contribution >= 0.6 is 0 Å². The summed E-state index contributed by atoms with van der Waals surface area (Å²) in [6, 6.07) is 6.84. The summed E-state index contributed by atoms with van der Waals surface area (Å²) in [5, 5.41) is 0.776. The highest BCUT2D eigenvalue weighted by molar-refractivity contribution is 7.90. The maximum absolute atomic E-state index is 12.6. The minimum Gasteiger partial charge on any atom is -0.274 e. The van der Waals surface area contributed by atoms with Crippen molar-refractivity contribution in [1.82, 2.24) is 9.71 Å². The van der Waals surface area contributed by atoms with Gasteiger partial charge in [0.15, 0.2) is 0 Å². The minimum atomic E-state index is -3.91. The largest absolute Gasteiger partial charge is 0.274 e. The van der Waals surface area contributed by atoms with E-state index in [0.29, 0.717) is 11.4 Å². The van der Waals surface area contributed by atoms with Crippen molar-refractivity contribution in [3.8, 4) is 0 Å². The second kappa shape index (κ2) is 6.28. The number of carbonyl (C=O) groups excluding carboxylic acids is 1. The Labute approximate surface area is 136 Å². The number of pyridine rings is 1. The summed E-state index contributed by atoms with van der Waals surface area (Å²) in [6.45, 7) is 1.90. The third-order valence-corrected chi connectivity index (χ3v) is 5.84. The Morgan fingerprint density at radius 1 is 1.26 bits per heavy atom. The van der Waals surface area contributed by atoms with Crippen LogP contribution in [0.2, 0.25) is 0 Å². The molecule has 1 N–H and O–H groups in total. The van der Waals surface area contributed by atoms with Gasteiger partial charge in [0.2, 0.25) is 5.91 Å². The third-order valence-electron chi connectivity index (χ3n) is 4.44. The van der Waals surface area contributed by atoms with E-state index in [2.05, 4.69) is 9.71 Å². The van der Waals surface area contributed by atoms with Gasteiger partial charge in [0.1, 0.15) is 4.90 Å². The molecule has 1 aliphatic rings. The second-order valence-corrected chi connectivity index (χ2v) is 7.81. The number of amides is 1. The van der Waals surface area contributed by atoms with Crippen LogP contribution in [0.3, 0.4) is 0 Å². The summed E-state index contributed by atoms with van der Waals surface area (Å²) in [4.78, 5) is 16.3. The Hall–Kier alpha value is -1.95. The average molecular weight is 332 g/mol. The van der Waals surface area contributed by atoms with Crippen LogP contribution in [0.15, 0.2) is 35.4 Å². The molecule has 23 heavy (non-hydrogen) atoms. The highest BCUT2D eigenvalue weighted by Gasteiger charge is 2.24. The van der Waals surface area contributed by atoms with Gasteiger partial charge in [0.05, 0.1) is 5.52 Å². The normalized spacial score (nSPS) is 15.9. The Balaban J connectivity index is 1.88. The SMILES string of the molecule is Cc1ccc(S(=O)(=O)NC(=O)CC2CCCC2)c2ncccc12. The predicted molar refractivity (Wildman–Crippen MR) is 88.4 cm³/mol. The van der Waals surface area contributed by atoms with E-state index in [1.54, 1.807) is 18.3 Å². The third kappa shape index (κ3) is 3.37. The van der Waals surface area contributed by atoms with Crippen LogP contribution in [0.4, 0.5) is 0 Å². The number of hydrogen-bond acceptors (Lipinski definition) is 4. The van der Waals surface area contributed by atoms with Crippen LogP contribution in [-0.4, -0.2) is 19.3 Å². The molecule has 1 saturated carbocycles. The molecule has 0 aliphatic heterocycles. The summed E-state index contributed by atoms with van der Waals surface area (Å²) in [7, 11) is -3.91. The van der Waals surface area contributed by atoms with Crippen LogP contribution in [-0.2, 0) is 14.8 Å². The first-order valence-corrected chi connectivity index (χ1v) is 9.35. The van der Waals surface area contributed by atoms with E-state index >= 15 is 0 Å². The van der Waals surface area contributed by atoms with E-state index in [4.69, 9.17) is 0 Å². The van der Waals surface area contributed by atoms with Gasteiger partial charge < -0.3 is 0 Å². The fourth-order valence-corrected chi connectivity index (χ4v) is 4.39. The van der Waals surface area contributed by atoms with E-state index in [0.717, 1.165) is 36.6 Å². The molecule has 0 unspecified atom stereocenters. The first-order chi connectivity index (χ1) is 11.0. The number of benzene rings is 1. The van der Waals surface area contributed by atoms with Gasteiger partial charge in [-0.15, -0.1) is 0 Å². The lowest BCUT2D eigenvalue weighted by Gasteiger charge is -2.12. The van der Waals surface area contributed by atoms with Gasteiger partial charge in [0.25, 0.3) is 10.0 Å². The standard InChI is InChI=1S/C17H20N2O3S/c1-12-8-9-15(17-14(12)7-4-10-18-17)23(21,22)19-16(20)11-13-5-2-3-6-13/h4,7-10,13H,2-3,5-6,11H2,1H3,(H,19,20). The van der Waals surface area contributed by atoms with Crippen molar-refractivity contribution in [3.63, 3.8) is 0 Å². The van der Waals surface area contributed by atoms with Crippen molar-refractivity contribution < 1.29 is 13.2 Å². The number of rotatable bonds is 4. The molecule has 5 nitrogen and oxygen atoms in total. The van der Waals surface area contributed by atoms with Crippen LogP contribution in [0, 0.1) is 12.8 Å². The molecule has 0 spiro atoms. The number of sulfonamides is 1. The van der Waals surface area contributed by atoms with Crippen LogP contribution in [0.1, 0.15) is 37.7 Å². The maximum atomic E-state index is 12.6. The van der Waals surface area contributed by atoms with Crippen molar-refractivity contribution in [2.24, 2.45) is 5.92 Å². The summed E-state index contributed by atoms with van der Waals surface area (Å²) in [5.74, 6) is -0.125. The van der Waals surface area contributed by atoms with Crippen molar-refractivity contribution in [1.29, 1.82) is 0 Å². The summed E-state index contributed by atoms with van der Waals surface area (Å²) in [6.07, 6.45) is 6.08. The predicted octanol–water partition coefficient (Wildman–Crippen LogP) is 2.93. The fraction of sp³-hybridized carbons (Fsp3) is 0.412. The molecule has 122 valence electrons. The van der Waals surface area contributed by atoms with Crippen LogP contribution in [0.25, 0.3) is 10.9 Å². The second-order valence-electron chi connectivity index (χ2n) is 6.16. The molecule has 6 heteroatoms. The molecule has 1 amide bonds. The van der Waals surface area contributed by atoms with Crippen molar-refractivity contribution in [3.05, 3.63) is 36.0 Å². The molecular formula is C17H20N2O3S. The quantitative estimate of drug-likeness (QED) is 0.934. The first-order valence-electron chi connectivity index (χ1n) is 7.87. The molecule has 0 bridgehead atoms. The van der Waals surface area contributed by atoms with E-state index in [-0.39, 0.29) is 11.3 Å². The highest BCUT2D eigenvalue weighted by atomic mass is 32.2. The molecule has 2 aromatic rings. The zero-order chi connectivity index (χ0) is 16.4. The smallest absolute Gasteiger partial charge is 0.266 e. The molecule has 1 heterocycles. The number of carbonyl (C=O) groups is 1. The molecule has 0 saturated heterocycles. The summed E-state index contributed by atoms with van der Waals surface area (Å²) >= 11 is 0. The molecule has 0 radical (unpaired) electrons. The lowest BCUT2D eigenvalue weighted by molar-refractivity contribution is -0.120. The molecule has 1 fully saturated rings. The Bertz CT molecular complexity index is 840. The van der Waals surface area contributed by atoms with Gasteiger partial charge >= 0.3 is 0 Å². The van der Waals surface area contributed by atoms with E-state index in [1.807, 2.05) is 13.0 Å². The molecule has 3 rings (SSSR count). The van der Waals surface area contributed by atoms with E-state index < -0.39 is 15.9 Å². The number of fused-ring (bicyclic) bond motifs is 1.